The largest absolute Gasteiger partial charge is 0.435 e. The van der Waals surface area contributed by atoms with Crippen LogP contribution < -0.4 is 5.43 Å². The number of aromatic nitrogens is 3. The number of nitrogens with one attached hydrogen (secondary N) is 1. The Hall–Kier alpha value is -2.71. The van der Waals surface area contributed by atoms with Crippen molar-refractivity contribution in [1.29, 1.82) is 0 Å². The summed E-state index contributed by atoms with van der Waals surface area (Å²) < 4.78 is 37.9. The fourth-order valence-corrected chi connectivity index (χ4v) is 1.41. The molecule has 6 nitrogen and oxygen atoms in total. The first-order valence-electron chi connectivity index (χ1n) is 5.78. The Morgan fingerprint density at radius 1 is 1.33 bits per heavy atom. The van der Waals surface area contributed by atoms with Gasteiger partial charge in [0.05, 0.1) is 6.21 Å². The van der Waals surface area contributed by atoms with Gasteiger partial charge in [0.1, 0.15) is 6.54 Å². The van der Waals surface area contributed by atoms with Crippen LogP contribution in [0.2, 0.25) is 0 Å². The third kappa shape index (κ3) is 4.41. The number of alkyl halides is 3. The number of pyridine rings is 1. The van der Waals surface area contributed by atoms with Crippen LogP contribution in [0.15, 0.2) is 41.9 Å². The summed E-state index contributed by atoms with van der Waals surface area (Å²) in [5, 5.41) is 6.94. The highest BCUT2D eigenvalue weighted by atomic mass is 19.4. The van der Waals surface area contributed by atoms with Crippen LogP contribution in [0.25, 0.3) is 0 Å². The maximum atomic E-state index is 12.3. The van der Waals surface area contributed by atoms with Crippen LogP contribution in [0.4, 0.5) is 13.2 Å². The monoisotopic (exact) mass is 297 g/mol. The molecular weight excluding hydrogens is 287 g/mol. The lowest BCUT2D eigenvalue weighted by molar-refractivity contribution is -0.141. The van der Waals surface area contributed by atoms with Crippen LogP contribution in [0.5, 0.6) is 0 Å². The zero-order valence-corrected chi connectivity index (χ0v) is 10.6. The van der Waals surface area contributed by atoms with Gasteiger partial charge in [-0.3, -0.25) is 14.5 Å². The molecule has 0 aliphatic carbocycles. The van der Waals surface area contributed by atoms with E-state index >= 15 is 0 Å². The highest BCUT2D eigenvalue weighted by molar-refractivity contribution is 5.82. The Morgan fingerprint density at radius 2 is 2.05 bits per heavy atom. The van der Waals surface area contributed by atoms with Crippen molar-refractivity contribution in [3.63, 3.8) is 0 Å². The molecule has 0 radical (unpaired) electrons. The quantitative estimate of drug-likeness (QED) is 0.685. The molecule has 0 spiro atoms. The van der Waals surface area contributed by atoms with Crippen molar-refractivity contribution in [3.05, 3.63) is 48.0 Å². The second-order valence-corrected chi connectivity index (χ2v) is 3.97. The van der Waals surface area contributed by atoms with E-state index in [4.69, 9.17) is 0 Å². The van der Waals surface area contributed by atoms with E-state index < -0.39 is 17.8 Å². The molecule has 0 aliphatic heterocycles. The van der Waals surface area contributed by atoms with Crippen molar-refractivity contribution in [3.8, 4) is 0 Å². The molecule has 0 aromatic carbocycles. The number of hydrazone groups is 1. The van der Waals surface area contributed by atoms with Crippen molar-refractivity contribution < 1.29 is 18.0 Å². The molecule has 1 amide bonds. The van der Waals surface area contributed by atoms with Crippen LogP contribution in [-0.4, -0.2) is 26.9 Å². The second kappa shape index (κ2) is 6.16. The van der Waals surface area contributed by atoms with Gasteiger partial charge in [-0.15, -0.1) is 0 Å². The molecule has 0 saturated carbocycles. The van der Waals surface area contributed by atoms with Gasteiger partial charge in [0.15, 0.2) is 5.69 Å². The average Bonchev–Trinajstić information content (AvgIpc) is 2.88. The van der Waals surface area contributed by atoms with E-state index in [-0.39, 0.29) is 6.54 Å². The lowest BCUT2D eigenvalue weighted by Gasteiger charge is -2.02. The highest BCUT2D eigenvalue weighted by Gasteiger charge is 2.33. The van der Waals surface area contributed by atoms with Crippen molar-refractivity contribution in [2.45, 2.75) is 12.7 Å². The number of hydrogen-bond acceptors (Lipinski definition) is 4. The molecule has 110 valence electrons. The number of carbonyl (C=O) groups is 1. The molecule has 1 N–H and O–H groups in total. The van der Waals surface area contributed by atoms with Crippen LogP contribution in [0.3, 0.4) is 0 Å². The molecule has 0 unspecified atom stereocenters. The van der Waals surface area contributed by atoms with Gasteiger partial charge in [0.25, 0.3) is 5.91 Å². The molecule has 0 atom stereocenters. The second-order valence-electron chi connectivity index (χ2n) is 3.97. The molecule has 21 heavy (non-hydrogen) atoms. The first-order chi connectivity index (χ1) is 9.95. The molecule has 0 bridgehead atoms. The summed E-state index contributed by atoms with van der Waals surface area (Å²) in [4.78, 5) is 15.3. The Morgan fingerprint density at radius 3 is 2.67 bits per heavy atom. The summed E-state index contributed by atoms with van der Waals surface area (Å²) in [7, 11) is 0. The van der Waals surface area contributed by atoms with Crippen molar-refractivity contribution >= 4 is 12.1 Å². The number of carbonyl (C=O) groups excluding carboxylic acids is 1. The lowest BCUT2D eigenvalue weighted by atomic mass is 10.3. The van der Waals surface area contributed by atoms with E-state index in [2.05, 4.69) is 20.6 Å². The SMILES string of the molecule is O=C(Cn1ccc(C(F)(F)F)n1)N/N=C\c1ccncc1. The molecule has 2 aromatic rings. The van der Waals surface area contributed by atoms with Gasteiger partial charge in [0.2, 0.25) is 0 Å². The van der Waals surface area contributed by atoms with Crippen LogP contribution in [0, 0.1) is 0 Å². The first kappa shape index (κ1) is 14.7. The lowest BCUT2D eigenvalue weighted by Crippen LogP contribution is -2.23. The van der Waals surface area contributed by atoms with Crippen molar-refractivity contribution in [2.24, 2.45) is 5.10 Å². The van der Waals surface area contributed by atoms with E-state index in [1.807, 2.05) is 0 Å². The zero-order chi connectivity index (χ0) is 15.3. The van der Waals surface area contributed by atoms with Crippen LogP contribution in [-0.2, 0) is 17.5 Å². The first-order valence-corrected chi connectivity index (χ1v) is 5.78. The summed E-state index contributed by atoms with van der Waals surface area (Å²) in [5.41, 5.74) is 1.88. The summed E-state index contributed by atoms with van der Waals surface area (Å²) in [6.07, 6.45) is 1.07. The normalized spacial score (nSPS) is 11.8. The predicted octanol–water partition coefficient (Wildman–Crippen LogP) is 1.45. The van der Waals surface area contributed by atoms with Gasteiger partial charge in [-0.1, -0.05) is 0 Å². The highest BCUT2D eigenvalue weighted by Crippen LogP contribution is 2.27. The fourth-order valence-electron chi connectivity index (χ4n) is 1.41. The molecule has 0 aliphatic rings. The standard InChI is InChI=1S/C12H10F3N5O/c13-12(14,15)10-3-6-20(19-10)8-11(21)18-17-7-9-1-4-16-5-2-9/h1-7H,8H2,(H,18,21)/b17-7-. The molecular formula is C12H10F3N5O. The van der Waals surface area contributed by atoms with Gasteiger partial charge in [-0.2, -0.15) is 23.4 Å². The minimum Gasteiger partial charge on any atom is -0.271 e. The van der Waals surface area contributed by atoms with Gasteiger partial charge in [0, 0.05) is 18.6 Å². The van der Waals surface area contributed by atoms with Gasteiger partial charge in [-0.25, -0.2) is 5.43 Å². The Kier molecular flexibility index (Phi) is 4.31. The minimum absolute atomic E-state index is 0.357. The minimum atomic E-state index is -4.53. The van der Waals surface area contributed by atoms with E-state index in [0.29, 0.717) is 0 Å². The van der Waals surface area contributed by atoms with Gasteiger partial charge >= 0.3 is 6.18 Å². The van der Waals surface area contributed by atoms with Crippen LogP contribution >= 0.6 is 0 Å². The van der Waals surface area contributed by atoms with Gasteiger partial charge in [-0.05, 0) is 23.8 Å². The molecule has 2 rings (SSSR count). The summed E-state index contributed by atoms with van der Waals surface area (Å²) in [6.45, 7) is -0.357. The smallest absolute Gasteiger partial charge is 0.271 e. The van der Waals surface area contributed by atoms with Crippen LogP contribution in [0.1, 0.15) is 11.3 Å². The predicted molar refractivity (Wildman–Crippen MR) is 67.2 cm³/mol. The Bertz CT molecular complexity index is 636. The Balaban J connectivity index is 1.88. The maximum absolute atomic E-state index is 12.3. The number of halogens is 3. The van der Waals surface area contributed by atoms with Crippen molar-refractivity contribution in [2.75, 3.05) is 0 Å². The maximum Gasteiger partial charge on any atom is 0.435 e. The molecule has 9 heteroatoms. The summed E-state index contributed by atoms with van der Waals surface area (Å²) in [5.74, 6) is -0.586. The number of hydrogen-bond donors (Lipinski definition) is 1. The molecule has 2 heterocycles. The molecule has 2 aromatic heterocycles. The number of rotatable bonds is 4. The van der Waals surface area contributed by atoms with E-state index in [0.717, 1.165) is 22.5 Å². The number of amides is 1. The van der Waals surface area contributed by atoms with E-state index in [1.165, 1.54) is 6.21 Å². The summed E-state index contributed by atoms with van der Waals surface area (Å²) in [6, 6.07) is 4.16. The molecule has 0 saturated heterocycles. The Labute approximate surface area is 117 Å². The zero-order valence-electron chi connectivity index (χ0n) is 10.6. The average molecular weight is 297 g/mol. The molecule has 0 fully saturated rings. The fraction of sp³-hybridized carbons (Fsp3) is 0.167. The summed E-state index contributed by atoms with van der Waals surface area (Å²) >= 11 is 0. The van der Waals surface area contributed by atoms with Gasteiger partial charge < -0.3 is 0 Å². The third-order valence-corrected chi connectivity index (χ3v) is 2.35. The van der Waals surface area contributed by atoms with E-state index in [1.54, 1.807) is 24.5 Å². The topological polar surface area (TPSA) is 72.2 Å². The van der Waals surface area contributed by atoms with E-state index in [9.17, 15) is 18.0 Å². The van der Waals surface area contributed by atoms with Crippen molar-refractivity contribution in [1.82, 2.24) is 20.2 Å². The number of nitrogens with zero attached hydrogens (tertiary/aromatic N) is 4. The third-order valence-electron chi connectivity index (χ3n) is 2.35.